The van der Waals surface area contributed by atoms with Crippen molar-refractivity contribution in [1.29, 1.82) is 0 Å². The van der Waals surface area contributed by atoms with Crippen molar-refractivity contribution in [2.45, 2.75) is 32.6 Å². The number of hydrogen-bond donors (Lipinski definition) is 3. The van der Waals surface area contributed by atoms with Crippen molar-refractivity contribution in [2.24, 2.45) is 5.41 Å². The van der Waals surface area contributed by atoms with Gasteiger partial charge < -0.3 is 14.2 Å². The second kappa shape index (κ2) is 17.4. The molecule has 0 heterocycles. The van der Waals surface area contributed by atoms with Crippen LogP contribution in [0.15, 0.2) is 0 Å². The van der Waals surface area contributed by atoms with E-state index >= 15 is 0 Å². The van der Waals surface area contributed by atoms with Crippen LogP contribution in [0.5, 0.6) is 0 Å². The maximum Gasteiger partial charge on any atom is 0.306 e. The molecule has 0 radical (unpaired) electrons. The fraction of sp³-hybridized carbons (Fsp3) is 0.800. The van der Waals surface area contributed by atoms with Crippen LogP contribution in [0.4, 0.5) is 0 Å². The van der Waals surface area contributed by atoms with Crippen molar-refractivity contribution in [3.05, 3.63) is 0 Å². The summed E-state index contributed by atoms with van der Waals surface area (Å²) in [5.41, 5.74) is -0.780. The molecule has 0 unspecified atom stereocenters. The zero-order valence-electron chi connectivity index (χ0n) is 15.1. The third-order valence-electron chi connectivity index (χ3n) is 3.56. The van der Waals surface area contributed by atoms with E-state index in [9.17, 15) is 14.4 Å². The van der Waals surface area contributed by atoms with Crippen LogP contribution in [-0.4, -0.2) is 55.0 Å². The molecule has 0 bridgehead atoms. The first-order valence-electron chi connectivity index (χ1n) is 8.19. The molecular formula is C15H26O6S6. The van der Waals surface area contributed by atoms with E-state index in [0.29, 0.717) is 23.7 Å². The Hall–Kier alpha value is 0.510. The van der Waals surface area contributed by atoms with Crippen LogP contribution in [0.1, 0.15) is 32.6 Å². The molecule has 0 spiro atoms. The summed E-state index contributed by atoms with van der Waals surface area (Å²) >= 11 is 12.0. The lowest BCUT2D eigenvalue weighted by Gasteiger charge is -2.31. The normalized spacial score (nSPS) is 11.1. The molecule has 0 aliphatic heterocycles. The zero-order chi connectivity index (χ0) is 20.5. The number of ether oxygens (including phenoxy) is 3. The molecule has 0 aliphatic rings. The summed E-state index contributed by atoms with van der Waals surface area (Å²) in [5.74, 6) is 0.495. The number of carbonyl (C=O) groups is 3. The van der Waals surface area contributed by atoms with Gasteiger partial charge >= 0.3 is 17.9 Å². The van der Waals surface area contributed by atoms with Crippen LogP contribution in [-0.2, 0) is 28.6 Å². The van der Waals surface area contributed by atoms with Gasteiger partial charge in [0.25, 0.3) is 0 Å². The van der Waals surface area contributed by atoms with E-state index in [1.807, 2.05) is 6.92 Å². The summed E-state index contributed by atoms with van der Waals surface area (Å²) in [4.78, 5) is 35.4. The van der Waals surface area contributed by atoms with E-state index in [2.05, 4.69) is 35.0 Å². The highest BCUT2D eigenvalue weighted by molar-refractivity contribution is 8.69. The molecule has 0 aromatic rings. The molecule has 0 saturated carbocycles. The van der Waals surface area contributed by atoms with E-state index < -0.39 is 5.41 Å². The third-order valence-corrected chi connectivity index (χ3v) is 6.36. The number of esters is 3. The molecule has 6 nitrogen and oxygen atoms in total. The molecule has 0 atom stereocenters. The average molecular weight is 495 g/mol. The van der Waals surface area contributed by atoms with Crippen LogP contribution in [0.2, 0.25) is 0 Å². The Bertz CT molecular complexity index is 391. The molecule has 0 amide bonds. The van der Waals surface area contributed by atoms with Gasteiger partial charge in [-0.3, -0.25) is 14.4 Å². The van der Waals surface area contributed by atoms with E-state index in [0.717, 1.165) is 0 Å². The summed E-state index contributed by atoms with van der Waals surface area (Å²) in [5, 5.41) is 0. The molecular weight excluding hydrogens is 469 g/mol. The van der Waals surface area contributed by atoms with Gasteiger partial charge in [-0.2, -0.15) is 0 Å². The molecule has 0 aromatic carbocycles. The van der Waals surface area contributed by atoms with Crippen molar-refractivity contribution in [1.82, 2.24) is 0 Å². The van der Waals surface area contributed by atoms with Gasteiger partial charge in [-0.1, -0.05) is 39.3 Å². The minimum atomic E-state index is -0.780. The zero-order valence-corrected chi connectivity index (χ0v) is 20.2. The number of thiol groups is 3. The maximum atomic E-state index is 11.8. The van der Waals surface area contributed by atoms with Gasteiger partial charge in [0.15, 0.2) is 0 Å². The first-order valence-corrected chi connectivity index (χ1v) is 14.3. The van der Waals surface area contributed by atoms with Crippen LogP contribution in [0, 0.1) is 5.41 Å². The maximum absolute atomic E-state index is 11.8. The van der Waals surface area contributed by atoms with Gasteiger partial charge in [0.1, 0.15) is 19.8 Å². The predicted molar refractivity (Wildman–Crippen MR) is 124 cm³/mol. The van der Waals surface area contributed by atoms with Gasteiger partial charge in [0.2, 0.25) is 0 Å². The Kier molecular flexibility index (Phi) is 17.7. The summed E-state index contributed by atoms with van der Waals surface area (Å²) in [7, 11) is 3.75. The number of carbonyl (C=O) groups excluding carboxylic acids is 3. The Labute approximate surface area is 188 Å². The molecule has 0 rings (SSSR count). The lowest BCUT2D eigenvalue weighted by Crippen LogP contribution is -2.39. The Morgan fingerprint density at radius 3 is 1.22 bits per heavy atom. The molecule has 0 aromatic heterocycles. The first kappa shape index (κ1) is 27.5. The first-order chi connectivity index (χ1) is 12.9. The molecule has 0 saturated heterocycles. The average Bonchev–Trinajstić information content (AvgIpc) is 2.68. The van der Waals surface area contributed by atoms with Crippen molar-refractivity contribution in [2.75, 3.05) is 37.1 Å². The highest BCUT2D eigenvalue weighted by Gasteiger charge is 2.34. The minimum absolute atomic E-state index is 0.00275. The quantitative estimate of drug-likeness (QED) is 0.128. The summed E-state index contributed by atoms with van der Waals surface area (Å²) < 4.78 is 16.0. The van der Waals surface area contributed by atoms with E-state index in [-0.39, 0.29) is 57.0 Å². The minimum Gasteiger partial charge on any atom is -0.465 e. The SMILES string of the molecule is CCC(COC(=O)CCSS)(COC(=O)CCSS)COC(=O)CCSS. The van der Waals surface area contributed by atoms with Gasteiger partial charge in [-0.15, -0.1) is 35.0 Å². The van der Waals surface area contributed by atoms with Crippen molar-refractivity contribution >= 4 is 85.3 Å². The summed E-state index contributed by atoms with van der Waals surface area (Å²) in [6, 6.07) is 0. The number of rotatable bonds is 16. The monoisotopic (exact) mass is 494 g/mol. The molecule has 0 aliphatic carbocycles. The summed E-state index contributed by atoms with van der Waals surface area (Å²) in [6.45, 7) is 1.88. The van der Waals surface area contributed by atoms with Gasteiger partial charge in [0.05, 0.1) is 24.7 Å². The Balaban J connectivity index is 4.82. The van der Waals surface area contributed by atoms with Crippen molar-refractivity contribution in [3.8, 4) is 0 Å². The fourth-order valence-corrected chi connectivity index (χ4v) is 3.33. The highest BCUT2D eigenvalue weighted by atomic mass is 33.1. The van der Waals surface area contributed by atoms with Crippen molar-refractivity contribution < 1.29 is 28.6 Å². The molecule has 0 fully saturated rings. The molecule has 158 valence electrons. The van der Waals surface area contributed by atoms with Crippen LogP contribution in [0.3, 0.4) is 0 Å². The van der Waals surface area contributed by atoms with E-state index in [1.165, 1.54) is 32.4 Å². The second-order valence-electron chi connectivity index (χ2n) is 5.59. The standard InChI is InChI=1S/C15H26O6S6/c1-2-15(9-19-12(16)3-6-25-22,10-20-13(17)4-7-26-23)11-21-14(18)5-8-27-24/h22-24H,2-11H2,1H3. The molecule has 27 heavy (non-hydrogen) atoms. The van der Waals surface area contributed by atoms with Crippen LogP contribution < -0.4 is 0 Å². The fourth-order valence-electron chi connectivity index (χ4n) is 1.74. The third kappa shape index (κ3) is 14.2. The van der Waals surface area contributed by atoms with Gasteiger partial charge in [0, 0.05) is 17.3 Å². The molecule has 12 heteroatoms. The second-order valence-corrected chi connectivity index (χ2v) is 9.91. The van der Waals surface area contributed by atoms with Gasteiger partial charge in [-0.25, -0.2) is 0 Å². The predicted octanol–water partition coefficient (Wildman–Crippen LogP) is 3.92. The van der Waals surface area contributed by atoms with E-state index in [1.54, 1.807) is 0 Å². The lowest BCUT2D eigenvalue weighted by atomic mass is 9.88. The molecule has 0 N–H and O–H groups in total. The van der Waals surface area contributed by atoms with Crippen molar-refractivity contribution in [3.63, 3.8) is 0 Å². The van der Waals surface area contributed by atoms with Crippen LogP contribution in [0.25, 0.3) is 0 Å². The Morgan fingerprint density at radius 2 is 1.00 bits per heavy atom. The highest BCUT2D eigenvalue weighted by Crippen LogP contribution is 2.25. The van der Waals surface area contributed by atoms with Crippen LogP contribution >= 0.6 is 67.4 Å². The smallest absolute Gasteiger partial charge is 0.306 e. The Morgan fingerprint density at radius 1 is 0.704 bits per heavy atom. The summed E-state index contributed by atoms with van der Waals surface area (Å²) in [6.07, 6.45) is 1.19. The lowest BCUT2D eigenvalue weighted by molar-refractivity contribution is -0.161. The van der Waals surface area contributed by atoms with Gasteiger partial charge in [-0.05, 0) is 6.42 Å². The topological polar surface area (TPSA) is 78.9 Å². The number of hydrogen-bond acceptors (Lipinski definition) is 12. The van der Waals surface area contributed by atoms with E-state index in [4.69, 9.17) is 14.2 Å². The largest absolute Gasteiger partial charge is 0.465 e.